The number of hydrogen-bond donors (Lipinski definition) is 2. The average molecular weight is 348 g/mol. The molecule has 0 bridgehead atoms. The molecular weight excluding hydrogens is 332 g/mol. The van der Waals surface area contributed by atoms with Crippen LogP contribution in [0.5, 0.6) is 17.2 Å². The average Bonchev–Trinajstić information content (AvgIpc) is 2.67. The van der Waals surface area contributed by atoms with E-state index in [1.54, 1.807) is 12.1 Å². The molecule has 0 spiro atoms. The zero-order chi connectivity index (χ0) is 17.9. The number of para-hydroxylation sites is 1. The molecule has 0 atom stereocenters. The van der Waals surface area contributed by atoms with Crippen molar-refractivity contribution in [2.45, 2.75) is 0 Å². The molecule has 4 rings (SSSR count). The SMILES string of the molecule is O=C(N/N=C/c1cccc2c1OCCO2)c1cc2ccccc2cc1O. The van der Waals surface area contributed by atoms with Crippen LogP contribution in [0.1, 0.15) is 15.9 Å². The first-order valence-electron chi connectivity index (χ1n) is 8.16. The molecule has 26 heavy (non-hydrogen) atoms. The fraction of sp³-hybridized carbons (Fsp3) is 0.100. The van der Waals surface area contributed by atoms with E-state index < -0.39 is 5.91 Å². The Morgan fingerprint density at radius 3 is 2.65 bits per heavy atom. The number of hydrazone groups is 1. The Balaban J connectivity index is 1.54. The third-order valence-corrected chi connectivity index (χ3v) is 4.08. The van der Waals surface area contributed by atoms with Crippen LogP contribution in [0.4, 0.5) is 0 Å². The summed E-state index contributed by atoms with van der Waals surface area (Å²) < 4.78 is 11.1. The molecule has 0 fully saturated rings. The zero-order valence-electron chi connectivity index (χ0n) is 13.8. The first-order valence-corrected chi connectivity index (χ1v) is 8.16. The fourth-order valence-electron chi connectivity index (χ4n) is 2.83. The number of fused-ring (bicyclic) bond motifs is 2. The zero-order valence-corrected chi connectivity index (χ0v) is 13.8. The highest BCUT2D eigenvalue weighted by atomic mass is 16.6. The minimum atomic E-state index is -0.494. The van der Waals surface area contributed by atoms with Crippen LogP contribution in [0, 0.1) is 0 Å². The van der Waals surface area contributed by atoms with Gasteiger partial charge in [-0.2, -0.15) is 5.10 Å². The van der Waals surface area contributed by atoms with E-state index in [9.17, 15) is 9.90 Å². The number of phenols is 1. The van der Waals surface area contributed by atoms with Crippen molar-refractivity contribution >= 4 is 22.9 Å². The third kappa shape index (κ3) is 3.04. The molecule has 6 nitrogen and oxygen atoms in total. The lowest BCUT2D eigenvalue weighted by Crippen LogP contribution is -2.19. The van der Waals surface area contributed by atoms with Gasteiger partial charge < -0.3 is 14.6 Å². The maximum Gasteiger partial charge on any atom is 0.275 e. The van der Waals surface area contributed by atoms with E-state index in [2.05, 4.69) is 10.5 Å². The second-order valence-electron chi connectivity index (χ2n) is 5.79. The molecule has 1 aliphatic heterocycles. The van der Waals surface area contributed by atoms with E-state index in [1.807, 2.05) is 42.5 Å². The van der Waals surface area contributed by atoms with Gasteiger partial charge in [-0.1, -0.05) is 30.3 Å². The number of nitrogens with zero attached hydrogens (tertiary/aromatic N) is 1. The lowest BCUT2D eigenvalue weighted by molar-refractivity contribution is 0.0952. The summed E-state index contributed by atoms with van der Waals surface area (Å²) in [7, 11) is 0. The van der Waals surface area contributed by atoms with E-state index >= 15 is 0 Å². The summed E-state index contributed by atoms with van der Waals surface area (Å²) in [6.07, 6.45) is 1.49. The second kappa shape index (κ2) is 6.76. The van der Waals surface area contributed by atoms with Gasteiger partial charge in [-0.25, -0.2) is 5.43 Å². The van der Waals surface area contributed by atoms with E-state index in [1.165, 1.54) is 6.21 Å². The number of carbonyl (C=O) groups is 1. The topological polar surface area (TPSA) is 80.2 Å². The standard InChI is InChI=1S/C20H16N2O4/c23-17-11-14-5-2-1-4-13(14)10-16(17)20(24)22-21-12-15-6-3-7-18-19(15)26-9-8-25-18/h1-7,10-12,23H,8-9H2,(H,22,24)/b21-12+. The smallest absolute Gasteiger partial charge is 0.275 e. The van der Waals surface area contributed by atoms with Crippen molar-refractivity contribution in [3.8, 4) is 17.2 Å². The lowest BCUT2D eigenvalue weighted by Gasteiger charge is -2.19. The van der Waals surface area contributed by atoms with Gasteiger partial charge in [0.15, 0.2) is 11.5 Å². The van der Waals surface area contributed by atoms with Crippen molar-refractivity contribution in [1.29, 1.82) is 0 Å². The van der Waals surface area contributed by atoms with Gasteiger partial charge in [-0.15, -0.1) is 0 Å². The minimum absolute atomic E-state index is 0.0924. The van der Waals surface area contributed by atoms with Crippen molar-refractivity contribution in [2.24, 2.45) is 5.10 Å². The van der Waals surface area contributed by atoms with Gasteiger partial charge in [-0.3, -0.25) is 4.79 Å². The summed E-state index contributed by atoms with van der Waals surface area (Å²) in [6.45, 7) is 0.973. The van der Waals surface area contributed by atoms with Gasteiger partial charge in [0, 0.05) is 5.56 Å². The summed E-state index contributed by atoms with van der Waals surface area (Å²) in [5.74, 6) is 0.667. The molecule has 130 valence electrons. The summed E-state index contributed by atoms with van der Waals surface area (Å²) in [6, 6.07) is 16.2. The van der Waals surface area contributed by atoms with Crippen LogP contribution in [0.25, 0.3) is 10.8 Å². The highest BCUT2D eigenvalue weighted by Crippen LogP contribution is 2.32. The summed E-state index contributed by atoms with van der Waals surface area (Å²) in [5, 5.41) is 15.8. The maximum atomic E-state index is 12.3. The molecule has 2 N–H and O–H groups in total. The summed E-state index contributed by atoms with van der Waals surface area (Å²) >= 11 is 0. The Hall–Kier alpha value is -3.54. The van der Waals surface area contributed by atoms with Crippen molar-refractivity contribution in [1.82, 2.24) is 5.43 Å². The third-order valence-electron chi connectivity index (χ3n) is 4.08. The van der Waals surface area contributed by atoms with Crippen LogP contribution in [0.3, 0.4) is 0 Å². The van der Waals surface area contributed by atoms with Crippen LogP contribution >= 0.6 is 0 Å². The van der Waals surface area contributed by atoms with Crippen LogP contribution in [0.2, 0.25) is 0 Å². The molecule has 6 heteroatoms. The highest BCUT2D eigenvalue weighted by Gasteiger charge is 2.15. The number of amides is 1. The van der Waals surface area contributed by atoms with E-state index in [-0.39, 0.29) is 11.3 Å². The van der Waals surface area contributed by atoms with Crippen LogP contribution in [-0.4, -0.2) is 30.4 Å². The van der Waals surface area contributed by atoms with E-state index in [0.29, 0.717) is 30.3 Å². The number of hydrogen-bond acceptors (Lipinski definition) is 5. The van der Waals surface area contributed by atoms with Crippen molar-refractivity contribution in [3.63, 3.8) is 0 Å². The lowest BCUT2D eigenvalue weighted by atomic mass is 10.1. The number of phenolic OH excluding ortho intramolecular Hbond substituents is 1. The van der Waals surface area contributed by atoms with Crippen LogP contribution in [0.15, 0.2) is 59.7 Å². The second-order valence-corrected chi connectivity index (χ2v) is 5.79. The predicted octanol–water partition coefficient (Wildman–Crippen LogP) is 3.08. The number of benzene rings is 3. The van der Waals surface area contributed by atoms with Gasteiger partial charge in [0.05, 0.1) is 11.8 Å². The molecule has 0 aliphatic carbocycles. The quantitative estimate of drug-likeness (QED) is 0.563. The van der Waals surface area contributed by atoms with Gasteiger partial charge in [0.2, 0.25) is 0 Å². The highest BCUT2D eigenvalue weighted by molar-refractivity contribution is 6.01. The molecule has 1 amide bonds. The molecule has 0 unspecified atom stereocenters. The molecule has 0 saturated heterocycles. The van der Waals surface area contributed by atoms with Gasteiger partial charge >= 0.3 is 0 Å². The normalized spacial score (nSPS) is 13.1. The van der Waals surface area contributed by atoms with E-state index in [0.717, 1.165) is 10.8 Å². The molecule has 0 radical (unpaired) electrons. The van der Waals surface area contributed by atoms with E-state index in [4.69, 9.17) is 9.47 Å². The number of nitrogens with one attached hydrogen (secondary N) is 1. The van der Waals surface area contributed by atoms with Crippen LogP contribution < -0.4 is 14.9 Å². The van der Waals surface area contributed by atoms with Crippen molar-refractivity contribution in [3.05, 3.63) is 65.7 Å². The molecular formula is C20H16N2O4. The molecule has 3 aromatic rings. The number of ether oxygens (including phenoxy) is 2. The molecule has 1 heterocycles. The number of aromatic hydroxyl groups is 1. The number of carbonyl (C=O) groups excluding carboxylic acids is 1. The summed E-state index contributed by atoms with van der Waals surface area (Å²) in [5.41, 5.74) is 3.30. The molecule has 1 aliphatic rings. The Morgan fingerprint density at radius 2 is 1.81 bits per heavy atom. The predicted molar refractivity (Wildman–Crippen MR) is 98.1 cm³/mol. The van der Waals surface area contributed by atoms with Gasteiger partial charge in [-0.05, 0) is 35.0 Å². The minimum Gasteiger partial charge on any atom is -0.507 e. The fourth-order valence-corrected chi connectivity index (χ4v) is 2.83. The Labute approximate surface area is 149 Å². The Morgan fingerprint density at radius 1 is 1.04 bits per heavy atom. The van der Waals surface area contributed by atoms with Gasteiger partial charge in [0.1, 0.15) is 19.0 Å². The van der Waals surface area contributed by atoms with Crippen molar-refractivity contribution < 1.29 is 19.4 Å². The van der Waals surface area contributed by atoms with Crippen molar-refractivity contribution in [2.75, 3.05) is 13.2 Å². The van der Waals surface area contributed by atoms with Gasteiger partial charge in [0.25, 0.3) is 5.91 Å². The molecule has 3 aromatic carbocycles. The first kappa shape index (κ1) is 16.0. The molecule has 0 saturated carbocycles. The largest absolute Gasteiger partial charge is 0.507 e. The first-order chi connectivity index (χ1) is 12.7. The summed E-state index contributed by atoms with van der Waals surface area (Å²) in [4.78, 5) is 12.3. The Kier molecular flexibility index (Phi) is 4.15. The number of rotatable bonds is 3. The Bertz CT molecular complexity index is 1010. The van der Waals surface area contributed by atoms with Crippen LogP contribution in [-0.2, 0) is 0 Å². The maximum absolute atomic E-state index is 12.3. The molecule has 0 aromatic heterocycles. The monoisotopic (exact) mass is 348 g/mol.